The van der Waals surface area contributed by atoms with Crippen molar-refractivity contribution in [2.24, 2.45) is 15.4 Å². The number of rotatable bonds is 4. The summed E-state index contributed by atoms with van der Waals surface area (Å²) in [6, 6.07) is 0. The van der Waals surface area contributed by atoms with Crippen LogP contribution in [0, 0.1) is 5.41 Å². The van der Waals surface area contributed by atoms with E-state index >= 15 is 0 Å². The van der Waals surface area contributed by atoms with Crippen molar-refractivity contribution in [1.82, 2.24) is 4.90 Å². The zero-order chi connectivity index (χ0) is 17.7. The molecule has 2 unspecified atom stereocenters. The Labute approximate surface area is 149 Å². The summed E-state index contributed by atoms with van der Waals surface area (Å²) in [5, 5.41) is 0. The van der Waals surface area contributed by atoms with Crippen molar-refractivity contribution >= 4 is 11.9 Å². The summed E-state index contributed by atoms with van der Waals surface area (Å²) in [5.41, 5.74) is 1.81. The van der Waals surface area contributed by atoms with E-state index in [0.717, 1.165) is 24.4 Å². The topological polar surface area (TPSA) is 46.4 Å². The molecule has 25 heavy (non-hydrogen) atoms. The fourth-order valence-electron chi connectivity index (χ4n) is 4.63. The lowest BCUT2D eigenvalue weighted by atomic mass is 9.79. The molecule has 0 saturated carbocycles. The van der Waals surface area contributed by atoms with Gasteiger partial charge in [0.15, 0.2) is 5.79 Å². The van der Waals surface area contributed by atoms with Gasteiger partial charge in [0, 0.05) is 19.2 Å². The van der Waals surface area contributed by atoms with Crippen LogP contribution in [0.15, 0.2) is 46.1 Å². The summed E-state index contributed by atoms with van der Waals surface area (Å²) < 4.78 is 11.7. The highest BCUT2D eigenvalue weighted by Crippen LogP contribution is 2.44. The van der Waals surface area contributed by atoms with Gasteiger partial charge in [-0.05, 0) is 37.5 Å². The summed E-state index contributed by atoms with van der Waals surface area (Å²) in [4.78, 5) is 12.0. The average Bonchev–Trinajstić information content (AvgIpc) is 3.08. The molecule has 0 aromatic heterocycles. The maximum atomic E-state index is 5.85. The maximum Gasteiger partial charge on any atom is 0.166 e. The zero-order valence-corrected chi connectivity index (χ0v) is 15.5. The van der Waals surface area contributed by atoms with Crippen LogP contribution >= 0.6 is 0 Å². The zero-order valence-electron chi connectivity index (χ0n) is 15.5. The lowest BCUT2D eigenvalue weighted by Gasteiger charge is -2.45. The SMILES string of the molecule is CC1N=C2C=CC=C3N=CC=CC32N1CC(C)(C)CC1(C)OCCO1. The Morgan fingerprint density at radius 3 is 2.80 bits per heavy atom. The van der Waals surface area contributed by atoms with Crippen LogP contribution in [0.5, 0.6) is 0 Å². The minimum atomic E-state index is -0.487. The normalized spacial score (nSPS) is 33.2. The van der Waals surface area contributed by atoms with E-state index in [9.17, 15) is 0 Å². The van der Waals surface area contributed by atoms with Crippen molar-refractivity contribution in [3.8, 4) is 0 Å². The molecule has 0 N–H and O–H groups in total. The van der Waals surface area contributed by atoms with Gasteiger partial charge in [0.2, 0.25) is 0 Å². The molecule has 0 aromatic carbocycles. The number of dihydropyridines is 1. The summed E-state index contributed by atoms with van der Waals surface area (Å²) >= 11 is 0. The molecule has 5 heteroatoms. The molecule has 134 valence electrons. The second-order valence-corrected chi connectivity index (χ2v) is 8.26. The molecule has 0 aromatic rings. The first-order valence-corrected chi connectivity index (χ1v) is 9.08. The van der Waals surface area contributed by atoms with Crippen molar-refractivity contribution in [2.75, 3.05) is 19.8 Å². The number of hydrogen-bond donors (Lipinski definition) is 0. The first-order valence-electron chi connectivity index (χ1n) is 9.08. The van der Waals surface area contributed by atoms with Gasteiger partial charge in [0.05, 0.1) is 24.6 Å². The highest BCUT2D eigenvalue weighted by molar-refractivity contribution is 6.10. The molecule has 1 spiro atoms. The van der Waals surface area contributed by atoms with E-state index in [-0.39, 0.29) is 17.1 Å². The van der Waals surface area contributed by atoms with Gasteiger partial charge in [-0.15, -0.1) is 0 Å². The molecule has 2 atom stereocenters. The summed E-state index contributed by atoms with van der Waals surface area (Å²) in [6.45, 7) is 11.0. The predicted octanol–water partition coefficient (Wildman–Crippen LogP) is 3.10. The minimum Gasteiger partial charge on any atom is -0.348 e. The van der Waals surface area contributed by atoms with Crippen LogP contribution in [-0.2, 0) is 9.47 Å². The van der Waals surface area contributed by atoms with Crippen molar-refractivity contribution < 1.29 is 9.47 Å². The fourth-order valence-corrected chi connectivity index (χ4v) is 4.63. The van der Waals surface area contributed by atoms with Gasteiger partial charge in [-0.1, -0.05) is 26.0 Å². The summed E-state index contributed by atoms with van der Waals surface area (Å²) in [5.74, 6) is -0.487. The van der Waals surface area contributed by atoms with Crippen molar-refractivity contribution in [1.29, 1.82) is 0 Å². The quantitative estimate of drug-likeness (QED) is 0.789. The Morgan fingerprint density at radius 1 is 1.28 bits per heavy atom. The standard InChI is InChI=1S/C20H27N3O2/c1-15-22-17-8-5-7-16-20(17,9-6-10-21-16)23(15)14-18(2,3)13-19(4)24-11-12-25-19/h5-10,15H,11-14H2,1-4H3. The van der Waals surface area contributed by atoms with E-state index in [1.807, 2.05) is 18.4 Å². The van der Waals surface area contributed by atoms with E-state index in [2.05, 4.69) is 55.8 Å². The fraction of sp³-hybridized carbons (Fsp3) is 0.600. The number of nitrogens with zero attached hydrogens (tertiary/aromatic N) is 3. The first-order chi connectivity index (χ1) is 11.8. The highest BCUT2D eigenvalue weighted by Gasteiger charge is 2.52. The van der Waals surface area contributed by atoms with Gasteiger partial charge in [-0.3, -0.25) is 14.9 Å². The Bertz CT molecular complexity index is 710. The molecule has 0 radical (unpaired) electrons. The Kier molecular flexibility index (Phi) is 3.87. The molecule has 0 amide bonds. The Hall–Kier alpha value is -1.56. The lowest BCUT2D eigenvalue weighted by Crippen LogP contribution is -2.56. The number of allylic oxidation sites excluding steroid dienone is 3. The molecule has 5 nitrogen and oxygen atoms in total. The molecule has 0 bridgehead atoms. The molecule has 1 fully saturated rings. The van der Waals surface area contributed by atoms with E-state index in [0.29, 0.717) is 13.2 Å². The maximum absolute atomic E-state index is 5.85. The van der Waals surface area contributed by atoms with Crippen LogP contribution in [0.3, 0.4) is 0 Å². The van der Waals surface area contributed by atoms with Crippen LogP contribution in [0.4, 0.5) is 0 Å². The second kappa shape index (κ2) is 5.73. The van der Waals surface area contributed by atoms with E-state index in [1.54, 1.807) is 0 Å². The summed E-state index contributed by atoms with van der Waals surface area (Å²) in [6.07, 6.45) is 13.3. The van der Waals surface area contributed by atoms with Crippen molar-refractivity contribution in [2.45, 2.75) is 51.6 Å². The van der Waals surface area contributed by atoms with E-state index in [1.165, 1.54) is 0 Å². The third kappa shape index (κ3) is 2.75. The Balaban J connectivity index is 1.62. The van der Waals surface area contributed by atoms with Crippen molar-refractivity contribution in [3.63, 3.8) is 0 Å². The number of hydrogen-bond acceptors (Lipinski definition) is 5. The van der Waals surface area contributed by atoms with Crippen LogP contribution in [-0.4, -0.2) is 54.1 Å². The first kappa shape index (κ1) is 16.9. The summed E-state index contributed by atoms with van der Waals surface area (Å²) in [7, 11) is 0. The largest absolute Gasteiger partial charge is 0.348 e. The Morgan fingerprint density at radius 2 is 2.04 bits per heavy atom. The monoisotopic (exact) mass is 341 g/mol. The second-order valence-electron chi connectivity index (χ2n) is 8.26. The molecule has 3 aliphatic heterocycles. The van der Waals surface area contributed by atoms with E-state index < -0.39 is 5.79 Å². The molecule has 3 heterocycles. The average molecular weight is 341 g/mol. The van der Waals surface area contributed by atoms with Gasteiger partial charge in [-0.25, -0.2) is 0 Å². The van der Waals surface area contributed by atoms with Crippen LogP contribution in [0.2, 0.25) is 0 Å². The molecule has 1 aliphatic carbocycles. The van der Waals surface area contributed by atoms with Crippen LogP contribution in [0.25, 0.3) is 0 Å². The third-order valence-electron chi connectivity index (χ3n) is 5.45. The van der Waals surface area contributed by atoms with Crippen LogP contribution in [0.1, 0.15) is 34.1 Å². The van der Waals surface area contributed by atoms with Crippen LogP contribution < -0.4 is 0 Å². The molecule has 4 aliphatic rings. The smallest absolute Gasteiger partial charge is 0.166 e. The van der Waals surface area contributed by atoms with Gasteiger partial charge in [0.1, 0.15) is 11.7 Å². The molecular weight excluding hydrogens is 314 g/mol. The van der Waals surface area contributed by atoms with Gasteiger partial charge in [0.25, 0.3) is 0 Å². The van der Waals surface area contributed by atoms with E-state index in [4.69, 9.17) is 14.5 Å². The van der Waals surface area contributed by atoms with Gasteiger partial charge in [-0.2, -0.15) is 0 Å². The van der Waals surface area contributed by atoms with Gasteiger partial charge >= 0.3 is 0 Å². The lowest BCUT2D eigenvalue weighted by molar-refractivity contribution is -0.166. The highest BCUT2D eigenvalue weighted by atomic mass is 16.7. The molecule has 1 saturated heterocycles. The third-order valence-corrected chi connectivity index (χ3v) is 5.45. The number of ether oxygens (including phenoxy) is 2. The van der Waals surface area contributed by atoms with Crippen molar-refractivity contribution in [3.05, 3.63) is 36.1 Å². The molecule has 4 rings (SSSR count). The predicted molar refractivity (Wildman–Crippen MR) is 99.9 cm³/mol. The molecular formula is C20H27N3O2. The minimum absolute atomic E-state index is 0.00828. The van der Waals surface area contributed by atoms with Gasteiger partial charge < -0.3 is 9.47 Å². The number of aliphatic imine (C=N–C) groups is 2.